The van der Waals surface area contributed by atoms with Crippen LogP contribution in [0.15, 0.2) is 54.6 Å². The minimum Gasteiger partial charge on any atom is -0.464 e. The third-order valence-electron chi connectivity index (χ3n) is 4.15. The standard InChI is InChI=1S/C21H18ClN3O4/c1-29-21(27)20-19(15-7-9-16(22)10-8-15)23-17(24-20)12-14-4-2-13(3-5-14)6-11-18(26)25-28/h2-11,28H,12H2,1H3,(H,23,24)(H,25,26)/b11-6+. The van der Waals surface area contributed by atoms with Gasteiger partial charge in [-0.3, -0.25) is 10.0 Å². The molecule has 29 heavy (non-hydrogen) atoms. The lowest BCUT2D eigenvalue weighted by molar-refractivity contribution is -0.124. The third kappa shape index (κ3) is 5.10. The zero-order valence-electron chi connectivity index (χ0n) is 15.5. The maximum atomic E-state index is 12.2. The highest BCUT2D eigenvalue weighted by Crippen LogP contribution is 2.25. The number of aromatic nitrogens is 2. The second-order valence-corrected chi connectivity index (χ2v) is 6.57. The summed E-state index contributed by atoms with van der Waals surface area (Å²) in [4.78, 5) is 30.8. The fourth-order valence-corrected chi connectivity index (χ4v) is 2.85. The van der Waals surface area contributed by atoms with Crippen LogP contribution in [0.1, 0.15) is 27.4 Å². The predicted molar refractivity (Wildman–Crippen MR) is 109 cm³/mol. The van der Waals surface area contributed by atoms with Gasteiger partial charge >= 0.3 is 5.97 Å². The number of amides is 1. The highest BCUT2D eigenvalue weighted by Gasteiger charge is 2.19. The van der Waals surface area contributed by atoms with E-state index in [1.165, 1.54) is 18.7 Å². The topological polar surface area (TPSA) is 104 Å². The van der Waals surface area contributed by atoms with Gasteiger partial charge in [0.2, 0.25) is 0 Å². The Morgan fingerprint density at radius 2 is 1.86 bits per heavy atom. The minimum atomic E-state index is -0.602. The van der Waals surface area contributed by atoms with Gasteiger partial charge < -0.3 is 9.72 Å². The first-order chi connectivity index (χ1) is 14.0. The first-order valence-electron chi connectivity index (χ1n) is 8.64. The largest absolute Gasteiger partial charge is 0.464 e. The van der Waals surface area contributed by atoms with E-state index < -0.39 is 11.9 Å². The molecule has 3 N–H and O–H groups in total. The van der Waals surface area contributed by atoms with Crippen LogP contribution >= 0.6 is 11.6 Å². The van der Waals surface area contributed by atoms with Crippen LogP contribution in [-0.2, 0) is 16.0 Å². The number of nitrogens with one attached hydrogen (secondary N) is 2. The monoisotopic (exact) mass is 411 g/mol. The van der Waals surface area contributed by atoms with Crippen molar-refractivity contribution in [2.75, 3.05) is 7.11 Å². The molecule has 0 saturated heterocycles. The molecule has 0 unspecified atom stereocenters. The van der Waals surface area contributed by atoms with Gasteiger partial charge in [0.05, 0.1) is 7.11 Å². The lowest BCUT2D eigenvalue weighted by Crippen LogP contribution is -2.14. The van der Waals surface area contributed by atoms with E-state index in [4.69, 9.17) is 21.5 Å². The molecule has 1 amide bonds. The van der Waals surface area contributed by atoms with Crippen molar-refractivity contribution in [3.63, 3.8) is 0 Å². The summed E-state index contributed by atoms with van der Waals surface area (Å²) >= 11 is 5.94. The number of carbonyl (C=O) groups is 2. The van der Waals surface area contributed by atoms with Gasteiger partial charge in [0, 0.05) is 23.1 Å². The zero-order valence-corrected chi connectivity index (χ0v) is 16.2. The molecule has 7 nitrogen and oxygen atoms in total. The minimum absolute atomic E-state index is 0.277. The molecule has 0 aliphatic heterocycles. The Morgan fingerprint density at radius 1 is 1.17 bits per heavy atom. The van der Waals surface area contributed by atoms with E-state index in [9.17, 15) is 9.59 Å². The smallest absolute Gasteiger partial charge is 0.356 e. The van der Waals surface area contributed by atoms with Crippen molar-refractivity contribution in [3.8, 4) is 11.3 Å². The Bertz CT molecular complexity index is 1040. The van der Waals surface area contributed by atoms with E-state index in [1.54, 1.807) is 30.3 Å². The van der Waals surface area contributed by atoms with Gasteiger partial charge in [-0.25, -0.2) is 15.3 Å². The molecule has 0 atom stereocenters. The van der Waals surface area contributed by atoms with Crippen molar-refractivity contribution in [1.82, 2.24) is 15.4 Å². The van der Waals surface area contributed by atoms with E-state index in [1.807, 2.05) is 24.3 Å². The Morgan fingerprint density at radius 3 is 2.48 bits per heavy atom. The van der Waals surface area contributed by atoms with Crippen molar-refractivity contribution in [2.45, 2.75) is 6.42 Å². The molecule has 0 spiro atoms. The number of methoxy groups -OCH3 is 1. The number of H-pyrrole nitrogens is 1. The molecule has 0 aliphatic rings. The van der Waals surface area contributed by atoms with Gasteiger partial charge in [0.25, 0.3) is 5.91 Å². The summed E-state index contributed by atoms with van der Waals surface area (Å²) < 4.78 is 4.86. The number of hydrogen-bond donors (Lipinski definition) is 3. The molecule has 0 fully saturated rings. The van der Waals surface area contributed by atoms with Crippen molar-refractivity contribution in [2.24, 2.45) is 0 Å². The summed E-state index contributed by atoms with van der Waals surface area (Å²) in [5.41, 5.74) is 4.82. The number of ether oxygens (including phenoxy) is 1. The second-order valence-electron chi connectivity index (χ2n) is 6.13. The summed E-state index contributed by atoms with van der Waals surface area (Å²) in [6.45, 7) is 0. The van der Waals surface area contributed by atoms with Crippen LogP contribution < -0.4 is 5.48 Å². The normalized spacial score (nSPS) is 10.9. The SMILES string of the molecule is COC(=O)c1[nH]c(Cc2ccc(/C=C/C(=O)NO)cc2)nc1-c1ccc(Cl)cc1. The number of benzene rings is 2. The number of aromatic amines is 1. The number of esters is 1. The van der Waals surface area contributed by atoms with Crippen LogP contribution in [-0.4, -0.2) is 34.2 Å². The summed E-state index contributed by atoms with van der Waals surface area (Å²) in [6.07, 6.45) is 3.28. The number of rotatable bonds is 6. The summed E-state index contributed by atoms with van der Waals surface area (Å²) in [7, 11) is 1.32. The fraction of sp³-hybridized carbons (Fsp3) is 0.0952. The molecule has 148 valence electrons. The molecule has 3 aromatic rings. The number of halogens is 1. The number of imidazole rings is 1. The van der Waals surface area contributed by atoms with E-state index in [0.717, 1.165) is 16.7 Å². The molecule has 2 aromatic carbocycles. The first kappa shape index (κ1) is 20.3. The van der Waals surface area contributed by atoms with E-state index in [2.05, 4.69) is 9.97 Å². The van der Waals surface area contributed by atoms with Crippen LogP contribution in [0.5, 0.6) is 0 Å². The Hall–Kier alpha value is -3.42. The Kier molecular flexibility index (Phi) is 6.43. The summed E-state index contributed by atoms with van der Waals surface area (Å²) in [5.74, 6) is -0.496. The molecule has 0 bridgehead atoms. The molecule has 1 aromatic heterocycles. The Labute approximate surface area is 172 Å². The molecular formula is C21H18ClN3O4. The van der Waals surface area contributed by atoms with Gasteiger partial charge in [0.15, 0.2) is 5.69 Å². The fourth-order valence-electron chi connectivity index (χ4n) is 2.72. The average Bonchev–Trinajstić information content (AvgIpc) is 3.16. The van der Waals surface area contributed by atoms with Crippen molar-refractivity contribution in [1.29, 1.82) is 0 Å². The quantitative estimate of drug-likeness (QED) is 0.249. The molecule has 0 saturated carbocycles. The van der Waals surface area contributed by atoms with Crippen molar-refractivity contribution >= 4 is 29.6 Å². The maximum Gasteiger partial charge on any atom is 0.356 e. The zero-order chi connectivity index (χ0) is 20.8. The maximum absolute atomic E-state index is 12.2. The molecule has 0 aliphatic carbocycles. The lowest BCUT2D eigenvalue weighted by atomic mass is 10.1. The average molecular weight is 412 g/mol. The third-order valence-corrected chi connectivity index (χ3v) is 4.40. The summed E-state index contributed by atoms with van der Waals surface area (Å²) in [5, 5.41) is 9.09. The van der Waals surface area contributed by atoms with Crippen LogP contribution in [0.4, 0.5) is 0 Å². The van der Waals surface area contributed by atoms with Crippen LogP contribution in [0.3, 0.4) is 0 Å². The van der Waals surface area contributed by atoms with E-state index >= 15 is 0 Å². The van der Waals surface area contributed by atoms with Gasteiger partial charge in [-0.05, 0) is 29.3 Å². The predicted octanol–water partition coefficient (Wildman–Crippen LogP) is 3.63. The number of carbonyl (C=O) groups excluding carboxylic acids is 2. The van der Waals surface area contributed by atoms with Crippen LogP contribution in [0.25, 0.3) is 17.3 Å². The van der Waals surface area contributed by atoms with Gasteiger partial charge in [-0.15, -0.1) is 0 Å². The van der Waals surface area contributed by atoms with Crippen LogP contribution in [0, 0.1) is 0 Å². The summed E-state index contributed by atoms with van der Waals surface area (Å²) in [6, 6.07) is 14.5. The molecular weight excluding hydrogens is 394 g/mol. The lowest BCUT2D eigenvalue weighted by Gasteiger charge is -2.01. The van der Waals surface area contributed by atoms with Crippen molar-refractivity contribution < 1.29 is 19.5 Å². The number of hydrogen-bond acceptors (Lipinski definition) is 5. The van der Waals surface area contributed by atoms with Gasteiger partial charge in [0.1, 0.15) is 11.5 Å². The molecule has 3 rings (SSSR count). The molecule has 0 radical (unpaired) electrons. The van der Waals surface area contributed by atoms with Crippen LogP contribution in [0.2, 0.25) is 5.02 Å². The number of hydroxylamine groups is 1. The van der Waals surface area contributed by atoms with E-state index in [0.29, 0.717) is 23.0 Å². The Balaban J connectivity index is 1.84. The van der Waals surface area contributed by atoms with Gasteiger partial charge in [-0.1, -0.05) is 48.0 Å². The first-order valence-corrected chi connectivity index (χ1v) is 9.02. The van der Waals surface area contributed by atoms with Crippen molar-refractivity contribution in [3.05, 3.63) is 82.3 Å². The highest BCUT2D eigenvalue weighted by atomic mass is 35.5. The second kappa shape index (κ2) is 9.18. The highest BCUT2D eigenvalue weighted by molar-refractivity contribution is 6.30. The number of nitrogens with zero attached hydrogens (tertiary/aromatic N) is 1. The molecule has 1 heterocycles. The molecule has 8 heteroatoms. The van der Waals surface area contributed by atoms with E-state index in [-0.39, 0.29) is 5.69 Å². The van der Waals surface area contributed by atoms with Gasteiger partial charge in [-0.2, -0.15) is 0 Å².